The van der Waals surface area contributed by atoms with E-state index >= 15 is 0 Å². The molecule has 0 aliphatic rings. The van der Waals surface area contributed by atoms with Crippen molar-refractivity contribution in [2.45, 2.75) is 6.92 Å². The zero-order valence-corrected chi connectivity index (χ0v) is 27.1. The van der Waals surface area contributed by atoms with E-state index in [0.717, 1.165) is 61.5 Å². The predicted molar refractivity (Wildman–Crippen MR) is 202 cm³/mol. The van der Waals surface area contributed by atoms with Gasteiger partial charge in [-0.25, -0.2) is 15.0 Å². The van der Waals surface area contributed by atoms with Gasteiger partial charge in [0.15, 0.2) is 17.5 Å². The van der Waals surface area contributed by atoms with Crippen LogP contribution in [0.25, 0.3) is 67.7 Å². The van der Waals surface area contributed by atoms with Gasteiger partial charge < -0.3 is 0 Å². The number of benzene rings is 5. The Bertz CT molecular complexity index is 2240. The number of rotatable bonds is 9. The van der Waals surface area contributed by atoms with E-state index in [9.17, 15) is 0 Å². The Morgan fingerprint density at radius 2 is 1.02 bits per heavy atom. The van der Waals surface area contributed by atoms with Gasteiger partial charge in [0.2, 0.25) is 0 Å². The molecule has 0 saturated carbocycles. The number of hydrogen-bond donors (Lipinski definition) is 0. The van der Waals surface area contributed by atoms with Crippen molar-refractivity contribution in [3.63, 3.8) is 0 Å². The molecule has 234 valence electrons. The summed E-state index contributed by atoms with van der Waals surface area (Å²) < 4.78 is 0. The molecule has 5 nitrogen and oxygen atoms in total. The van der Waals surface area contributed by atoms with E-state index in [-0.39, 0.29) is 0 Å². The van der Waals surface area contributed by atoms with Crippen LogP contribution in [0.15, 0.2) is 182 Å². The monoisotopic (exact) mass is 631 g/mol. The molecule has 0 aliphatic heterocycles. The van der Waals surface area contributed by atoms with E-state index in [4.69, 9.17) is 15.0 Å². The molecule has 49 heavy (non-hydrogen) atoms. The molecule has 0 bridgehead atoms. The van der Waals surface area contributed by atoms with Gasteiger partial charge in [0.1, 0.15) is 0 Å². The van der Waals surface area contributed by atoms with Crippen molar-refractivity contribution < 1.29 is 0 Å². The highest BCUT2D eigenvalue weighted by atomic mass is 15.0. The summed E-state index contributed by atoms with van der Waals surface area (Å²) in [7, 11) is 0. The summed E-state index contributed by atoms with van der Waals surface area (Å²) in [4.78, 5) is 24.4. The SMILES string of the molecule is C=CN=C(/C=C\C)c1cccc(-c2nc(-c3cc(-c4ccccc4)cc(-c4ccccc4)c3)nc(-c3cccc(-c4ccccn4)c3)n2)c1. The number of aliphatic imine (C=N–C) groups is 1. The molecule has 0 aliphatic carbocycles. The Kier molecular flexibility index (Phi) is 9.15. The average Bonchev–Trinajstić information content (AvgIpc) is 3.18. The molecule has 5 heteroatoms. The third kappa shape index (κ3) is 7.07. The van der Waals surface area contributed by atoms with Crippen LogP contribution in [0.4, 0.5) is 0 Å². The molecular formula is C44H33N5. The van der Waals surface area contributed by atoms with Crippen LogP contribution >= 0.6 is 0 Å². The van der Waals surface area contributed by atoms with Gasteiger partial charge in [-0.2, -0.15) is 0 Å². The second-order valence-electron chi connectivity index (χ2n) is 11.4. The minimum Gasteiger partial charge on any atom is -0.257 e. The Balaban J connectivity index is 1.44. The van der Waals surface area contributed by atoms with E-state index in [1.54, 1.807) is 12.4 Å². The molecule has 2 aromatic heterocycles. The highest BCUT2D eigenvalue weighted by Gasteiger charge is 2.16. The summed E-state index contributed by atoms with van der Waals surface area (Å²) in [5.74, 6) is 1.72. The minimum atomic E-state index is 0.565. The molecule has 7 rings (SSSR count). The summed E-state index contributed by atoms with van der Waals surface area (Å²) in [5.41, 5.74) is 10.6. The van der Waals surface area contributed by atoms with Crippen LogP contribution in [0.3, 0.4) is 0 Å². The van der Waals surface area contributed by atoms with Crippen LogP contribution in [0.1, 0.15) is 12.5 Å². The van der Waals surface area contributed by atoms with Crippen LogP contribution in [-0.2, 0) is 0 Å². The average molecular weight is 632 g/mol. The third-order valence-corrected chi connectivity index (χ3v) is 8.09. The lowest BCUT2D eigenvalue weighted by molar-refractivity contribution is 1.07. The van der Waals surface area contributed by atoms with Crippen molar-refractivity contribution in [3.8, 4) is 67.7 Å². The molecular weight excluding hydrogens is 599 g/mol. The maximum Gasteiger partial charge on any atom is 0.164 e. The molecule has 0 saturated heterocycles. The summed E-state index contributed by atoms with van der Waals surface area (Å²) in [6, 6.07) is 49.5. The fraction of sp³-hybridized carbons (Fsp3) is 0.0227. The van der Waals surface area contributed by atoms with Crippen LogP contribution in [0, 0.1) is 0 Å². The van der Waals surface area contributed by atoms with E-state index in [2.05, 4.69) is 101 Å². The summed E-state index contributed by atoms with van der Waals surface area (Å²) >= 11 is 0. The Hall–Kier alpha value is -6.59. The zero-order chi connectivity index (χ0) is 33.4. The van der Waals surface area contributed by atoms with E-state index in [1.165, 1.54) is 0 Å². The molecule has 2 heterocycles. The van der Waals surface area contributed by atoms with Crippen LogP contribution in [0.2, 0.25) is 0 Å². The maximum absolute atomic E-state index is 5.13. The zero-order valence-electron chi connectivity index (χ0n) is 27.1. The molecule has 0 amide bonds. The van der Waals surface area contributed by atoms with E-state index < -0.39 is 0 Å². The molecule has 0 fully saturated rings. The third-order valence-electron chi connectivity index (χ3n) is 8.09. The lowest BCUT2D eigenvalue weighted by Gasteiger charge is -2.13. The molecule has 0 radical (unpaired) electrons. The minimum absolute atomic E-state index is 0.565. The topological polar surface area (TPSA) is 63.9 Å². The first-order valence-electron chi connectivity index (χ1n) is 16.1. The number of hydrogen-bond acceptors (Lipinski definition) is 5. The lowest BCUT2D eigenvalue weighted by atomic mass is 9.96. The molecule has 0 spiro atoms. The first-order valence-corrected chi connectivity index (χ1v) is 16.1. The fourth-order valence-corrected chi connectivity index (χ4v) is 5.75. The largest absolute Gasteiger partial charge is 0.257 e. The first kappa shape index (κ1) is 31.0. The van der Waals surface area contributed by atoms with Crippen molar-refractivity contribution in [1.29, 1.82) is 0 Å². The van der Waals surface area contributed by atoms with E-state index in [0.29, 0.717) is 17.5 Å². The smallest absolute Gasteiger partial charge is 0.164 e. The molecule has 0 unspecified atom stereocenters. The van der Waals surface area contributed by atoms with Crippen LogP contribution < -0.4 is 0 Å². The standard InChI is InChI=1S/C44H33N5/c1-3-15-40(45-4-2)33-20-13-22-35(26-33)42-47-43(36-23-14-21-34(27-36)41-24-11-12-25-46-41)49-44(48-42)39-29-37(31-16-7-5-8-17-31)28-38(30-39)32-18-9-6-10-19-32/h3-30H,2H2,1H3/b15-3-,45-40?. The van der Waals surface area contributed by atoms with Gasteiger partial charge in [0, 0.05) is 40.2 Å². The van der Waals surface area contributed by atoms with Crippen molar-refractivity contribution in [2.75, 3.05) is 0 Å². The molecule has 7 aromatic rings. The van der Waals surface area contributed by atoms with Crippen molar-refractivity contribution in [3.05, 3.63) is 182 Å². The van der Waals surface area contributed by atoms with Crippen molar-refractivity contribution in [1.82, 2.24) is 19.9 Å². The Morgan fingerprint density at radius 1 is 0.510 bits per heavy atom. The number of allylic oxidation sites excluding steroid dienone is 2. The fourth-order valence-electron chi connectivity index (χ4n) is 5.75. The Morgan fingerprint density at radius 3 is 1.61 bits per heavy atom. The van der Waals surface area contributed by atoms with E-state index in [1.807, 2.05) is 79.7 Å². The molecule has 5 aromatic carbocycles. The van der Waals surface area contributed by atoms with Crippen molar-refractivity contribution in [2.24, 2.45) is 4.99 Å². The normalized spacial score (nSPS) is 11.5. The first-order chi connectivity index (χ1) is 24.2. The predicted octanol–water partition coefficient (Wildman–Crippen LogP) is 10.8. The van der Waals surface area contributed by atoms with Gasteiger partial charge in [0.05, 0.1) is 11.4 Å². The van der Waals surface area contributed by atoms with Gasteiger partial charge >= 0.3 is 0 Å². The van der Waals surface area contributed by atoms with Gasteiger partial charge in [-0.05, 0) is 77.7 Å². The summed E-state index contributed by atoms with van der Waals surface area (Å²) in [5, 5.41) is 0. The number of nitrogens with zero attached hydrogens (tertiary/aromatic N) is 5. The second-order valence-corrected chi connectivity index (χ2v) is 11.4. The highest BCUT2D eigenvalue weighted by molar-refractivity contribution is 6.09. The quantitative estimate of drug-likeness (QED) is 0.149. The number of pyridine rings is 1. The van der Waals surface area contributed by atoms with Gasteiger partial charge in [-0.1, -0.05) is 116 Å². The van der Waals surface area contributed by atoms with Gasteiger partial charge in [-0.3, -0.25) is 9.98 Å². The second kappa shape index (κ2) is 14.4. The summed E-state index contributed by atoms with van der Waals surface area (Å²) in [6.45, 7) is 5.78. The number of aromatic nitrogens is 4. The molecule has 0 atom stereocenters. The van der Waals surface area contributed by atoms with Crippen molar-refractivity contribution >= 4 is 5.71 Å². The maximum atomic E-state index is 5.13. The Labute approximate surface area is 286 Å². The van der Waals surface area contributed by atoms with Crippen LogP contribution in [0.5, 0.6) is 0 Å². The highest BCUT2D eigenvalue weighted by Crippen LogP contribution is 2.34. The lowest BCUT2D eigenvalue weighted by Crippen LogP contribution is -2.02. The molecule has 0 N–H and O–H groups in total. The summed E-state index contributed by atoms with van der Waals surface area (Å²) in [6.07, 6.45) is 7.29. The van der Waals surface area contributed by atoms with Gasteiger partial charge in [0.25, 0.3) is 0 Å². The van der Waals surface area contributed by atoms with Crippen LogP contribution in [-0.4, -0.2) is 25.6 Å². The van der Waals surface area contributed by atoms with Gasteiger partial charge in [-0.15, -0.1) is 0 Å².